The second kappa shape index (κ2) is 11.7. The SMILES string of the molecule is CCC(=O)c1cc(NC(=O)Nc2ccc(OC)cc2)ccc1OCc1ccc(-c2ccccc2)cc1. The van der Waals surface area contributed by atoms with Crippen molar-refractivity contribution in [2.75, 3.05) is 17.7 Å². The first-order valence-corrected chi connectivity index (χ1v) is 11.7. The van der Waals surface area contributed by atoms with Gasteiger partial charge in [-0.25, -0.2) is 4.79 Å². The van der Waals surface area contributed by atoms with Gasteiger partial charge in [0.05, 0.1) is 12.7 Å². The molecule has 4 aromatic rings. The van der Waals surface area contributed by atoms with E-state index in [2.05, 4.69) is 34.9 Å². The van der Waals surface area contributed by atoms with Gasteiger partial charge in [-0.1, -0.05) is 61.5 Å². The van der Waals surface area contributed by atoms with Crippen LogP contribution in [-0.4, -0.2) is 18.9 Å². The van der Waals surface area contributed by atoms with Crippen molar-refractivity contribution in [3.8, 4) is 22.6 Å². The smallest absolute Gasteiger partial charge is 0.323 e. The van der Waals surface area contributed by atoms with Crippen molar-refractivity contribution in [2.45, 2.75) is 20.0 Å². The second-order valence-electron chi connectivity index (χ2n) is 8.15. The molecule has 182 valence electrons. The monoisotopic (exact) mass is 480 g/mol. The quantitative estimate of drug-likeness (QED) is 0.249. The Morgan fingerprint density at radius 1 is 0.750 bits per heavy atom. The molecule has 0 aromatic heterocycles. The van der Waals surface area contributed by atoms with E-state index >= 15 is 0 Å². The first kappa shape index (κ1) is 24.5. The van der Waals surface area contributed by atoms with Crippen LogP contribution >= 0.6 is 0 Å². The van der Waals surface area contributed by atoms with Gasteiger partial charge >= 0.3 is 6.03 Å². The topological polar surface area (TPSA) is 76.7 Å². The maximum atomic E-state index is 12.6. The molecular formula is C30H28N2O4. The van der Waals surface area contributed by atoms with Crippen LogP contribution < -0.4 is 20.1 Å². The van der Waals surface area contributed by atoms with Gasteiger partial charge in [0.1, 0.15) is 18.1 Å². The van der Waals surface area contributed by atoms with E-state index in [0.717, 1.165) is 16.7 Å². The van der Waals surface area contributed by atoms with Gasteiger partial charge in [-0.15, -0.1) is 0 Å². The van der Waals surface area contributed by atoms with Gasteiger partial charge in [-0.2, -0.15) is 0 Å². The number of rotatable bonds is 9. The zero-order valence-electron chi connectivity index (χ0n) is 20.3. The molecule has 0 aliphatic rings. The van der Waals surface area contributed by atoms with E-state index in [1.165, 1.54) is 0 Å². The van der Waals surface area contributed by atoms with Gasteiger partial charge in [0.25, 0.3) is 0 Å². The number of ketones is 1. The number of hydrogen-bond acceptors (Lipinski definition) is 4. The van der Waals surface area contributed by atoms with Crippen molar-refractivity contribution < 1.29 is 19.1 Å². The normalized spacial score (nSPS) is 10.4. The van der Waals surface area contributed by atoms with E-state index in [1.54, 1.807) is 56.5 Å². The third kappa shape index (κ3) is 6.30. The van der Waals surface area contributed by atoms with Crippen molar-refractivity contribution in [2.24, 2.45) is 0 Å². The molecule has 2 N–H and O–H groups in total. The molecule has 0 aliphatic carbocycles. The van der Waals surface area contributed by atoms with Gasteiger partial charge in [0, 0.05) is 17.8 Å². The van der Waals surface area contributed by atoms with E-state index in [4.69, 9.17) is 9.47 Å². The van der Waals surface area contributed by atoms with Gasteiger partial charge in [0.15, 0.2) is 5.78 Å². The van der Waals surface area contributed by atoms with E-state index < -0.39 is 6.03 Å². The van der Waals surface area contributed by atoms with Crippen LogP contribution in [0.4, 0.5) is 16.2 Å². The Kier molecular flexibility index (Phi) is 7.98. The lowest BCUT2D eigenvalue weighted by Crippen LogP contribution is -2.19. The highest BCUT2D eigenvalue weighted by Gasteiger charge is 2.14. The average Bonchev–Trinajstić information content (AvgIpc) is 2.93. The fourth-order valence-corrected chi connectivity index (χ4v) is 3.69. The molecule has 0 fully saturated rings. The molecule has 4 rings (SSSR count). The molecule has 0 atom stereocenters. The zero-order chi connectivity index (χ0) is 25.3. The second-order valence-corrected chi connectivity index (χ2v) is 8.15. The largest absolute Gasteiger partial charge is 0.497 e. The number of anilines is 2. The molecular weight excluding hydrogens is 452 g/mol. The van der Waals surface area contributed by atoms with Gasteiger partial charge in [-0.3, -0.25) is 4.79 Å². The number of carbonyl (C=O) groups is 2. The summed E-state index contributed by atoms with van der Waals surface area (Å²) in [6.07, 6.45) is 0.323. The predicted octanol–water partition coefficient (Wildman–Crippen LogP) is 7.18. The first-order valence-electron chi connectivity index (χ1n) is 11.7. The Morgan fingerprint density at radius 2 is 1.39 bits per heavy atom. The van der Waals surface area contributed by atoms with Crippen LogP contribution in [0.25, 0.3) is 11.1 Å². The van der Waals surface area contributed by atoms with Crippen LogP contribution in [0.3, 0.4) is 0 Å². The van der Waals surface area contributed by atoms with Gasteiger partial charge in [-0.05, 0) is 59.2 Å². The molecule has 0 aliphatic heterocycles. The third-order valence-electron chi connectivity index (χ3n) is 5.66. The highest BCUT2D eigenvalue weighted by molar-refractivity contribution is 6.03. The van der Waals surface area contributed by atoms with Crippen LogP contribution in [0, 0.1) is 0 Å². The van der Waals surface area contributed by atoms with E-state index in [1.807, 2.05) is 30.3 Å². The summed E-state index contributed by atoms with van der Waals surface area (Å²) in [7, 11) is 1.58. The van der Waals surface area contributed by atoms with Crippen molar-refractivity contribution in [1.29, 1.82) is 0 Å². The number of hydrogen-bond donors (Lipinski definition) is 2. The molecule has 0 saturated heterocycles. The highest BCUT2D eigenvalue weighted by Crippen LogP contribution is 2.26. The van der Waals surface area contributed by atoms with Crippen molar-refractivity contribution >= 4 is 23.2 Å². The number of urea groups is 1. The van der Waals surface area contributed by atoms with Crippen molar-refractivity contribution in [3.05, 3.63) is 108 Å². The number of carbonyl (C=O) groups excluding carboxylic acids is 2. The van der Waals surface area contributed by atoms with E-state index in [-0.39, 0.29) is 5.78 Å². The molecule has 0 saturated carbocycles. The van der Waals surface area contributed by atoms with Gasteiger partial charge in [0.2, 0.25) is 0 Å². The lowest BCUT2D eigenvalue weighted by molar-refractivity contribution is 0.0983. The van der Waals surface area contributed by atoms with Crippen molar-refractivity contribution in [3.63, 3.8) is 0 Å². The summed E-state index contributed by atoms with van der Waals surface area (Å²) in [5, 5.41) is 5.53. The summed E-state index contributed by atoms with van der Waals surface area (Å²) < 4.78 is 11.1. The summed E-state index contributed by atoms with van der Waals surface area (Å²) in [4.78, 5) is 25.1. The van der Waals surface area contributed by atoms with Crippen molar-refractivity contribution in [1.82, 2.24) is 0 Å². The summed E-state index contributed by atoms with van der Waals surface area (Å²) >= 11 is 0. The Bertz CT molecular complexity index is 1320. The minimum absolute atomic E-state index is 0.0661. The minimum Gasteiger partial charge on any atom is -0.497 e. The number of benzene rings is 4. The molecule has 4 aromatic carbocycles. The summed E-state index contributed by atoms with van der Waals surface area (Å²) in [5.41, 5.74) is 4.82. The van der Waals surface area contributed by atoms with Crippen LogP contribution in [0.1, 0.15) is 29.3 Å². The number of Topliss-reactive ketones (excluding diaryl/α,β-unsaturated/α-hetero) is 1. The fraction of sp³-hybridized carbons (Fsp3) is 0.133. The molecule has 36 heavy (non-hydrogen) atoms. The van der Waals surface area contributed by atoms with E-state index in [9.17, 15) is 9.59 Å². The molecule has 0 unspecified atom stereocenters. The van der Waals surface area contributed by atoms with Crippen LogP contribution in [0.2, 0.25) is 0 Å². The standard InChI is InChI=1S/C30H28N2O4/c1-3-28(33)27-19-25(32-30(34)31-24-13-16-26(35-2)17-14-24)15-18-29(27)36-20-21-9-11-23(12-10-21)22-7-5-4-6-8-22/h4-19H,3,20H2,1-2H3,(H2,31,32,34). The maximum absolute atomic E-state index is 12.6. The molecule has 0 spiro atoms. The molecule has 6 nitrogen and oxygen atoms in total. The Morgan fingerprint density at radius 3 is 2.06 bits per heavy atom. The molecule has 0 heterocycles. The fourth-order valence-electron chi connectivity index (χ4n) is 3.69. The lowest BCUT2D eigenvalue weighted by Gasteiger charge is -2.14. The summed E-state index contributed by atoms with van der Waals surface area (Å²) in [6, 6.07) is 30.0. The lowest BCUT2D eigenvalue weighted by atomic mass is 10.0. The number of methoxy groups -OCH3 is 1. The Balaban J connectivity index is 1.42. The van der Waals surface area contributed by atoms with Gasteiger partial charge < -0.3 is 20.1 Å². The maximum Gasteiger partial charge on any atom is 0.323 e. The molecule has 2 amide bonds. The van der Waals surface area contributed by atoms with Crippen LogP contribution in [-0.2, 0) is 6.61 Å². The summed E-state index contributed by atoms with van der Waals surface area (Å²) in [5.74, 6) is 1.12. The first-order chi connectivity index (χ1) is 17.6. The molecule has 0 bridgehead atoms. The molecule has 6 heteroatoms. The molecule has 0 radical (unpaired) electrons. The van der Waals surface area contributed by atoms with E-state index in [0.29, 0.717) is 41.5 Å². The highest BCUT2D eigenvalue weighted by atomic mass is 16.5. The summed E-state index contributed by atoms with van der Waals surface area (Å²) in [6.45, 7) is 2.12. The Labute approximate surface area is 210 Å². The third-order valence-corrected chi connectivity index (χ3v) is 5.66. The van der Waals surface area contributed by atoms with Crippen LogP contribution in [0.5, 0.6) is 11.5 Å². The number of nitrogens with one attached hydrogen (secondary N) is 2. The number of ether oxygens (including phenoxy) is 2. The van der Waals surface area contributed by atoms with Crippen LogP contribution in [0.15, 0.2) is 97.1 Å². The predicted molar refractivity (Wildman–Crippen MR) is 143 cm³/mol. The minimum atomic E-state index is -0.415. The number of amides is 2. The zero-order valence-corrected chi connectivity index (χ0v) is 20.3. The Hall–Kier alpha value is -4.58. The average molecular weight is 481 g/mol.